The molecule has 0 saturated carbocycles. The van der Waals surface area contributed by atoms with Crippen LogP contribution in [0.1, 0.15) is 39.1 Å². The fourth-order valence-corrected chi connectivity index (χ4v) is 5.06. The summed E-state index contributed by atoms with van der Waals surface area (Å²) in [5.74, 6) is 0.173. The smallest absolute Gasteiger partial charge is 0.254 e. The molecule has 0 spiro atoms. The van der Waals surface area contributed by atoms with Gasteiger partial charge in [-0.2, -0.15) is 0 Å². The normalized spacial score (nSPS) is 14.6. The van der Waals surface area contributed by atoms with E-state index in [0.717, 1.165) is 32.6 Å². The van der Waals surface area contributed by atoms with Gasteiger partial charge in [-0.15, -0.1) is 11.3 Å². The van der Waals surface area contributed by atoms with Crippen LogP contribution in [0.15, 0.2) is 72.1 Å². The minimum Gasteiger partial charge on any atom is -0.339 e. The van der Waals surface area contributed by atoms with Crippen molar-refractivity contribution in [2.75, 3.05) is 13.1 Å². The molecule has 2 aromatic carbocycles. The quantitative estimate of drug-likeness (QED) is 0.365. The minimum absolute atomic E-state index is 0.0163. The third-order valence-electron chi connectivity index (χ3n) is 6.21. The highest BCUT2D eigenvalue weighted by atomic mass is 32.1. The number of carbonyl (C=O) groups is 2. The molecule has 1 aliphatic heterocycles. The first-order valence-electron chi connectivity index (χ1n) is 10.9. The third kappa shape index (κ3) is 3.96. The predicted molar refractivity (Wildman–Crippen MR) is 129 cm³/mol. The fourth-order valence-electron chi connectivity index (χ4n) is 4.37. The molecule has 2 aromatic heterocycles. The molecule has 5 heteroatoms. The van der Waals surface area contributed by atoms with E-state index in [0.29, 0.717) is 31.5 Å². The van der Waals surface area contributed by atoms with Crippen molar-refractivity contribution < 1.29 is 9.59 Å². The van der Waals surface area contributed by atoms with Crippen molar-refractivity contribution >= 4 is 33.9 Å². The summed E-state index contributed by atoms with van der Waals surface area (Å²) in [6, 6.07) is 21.5. The molecule has 4 aromatic rings. The molecule has 0 atom stereocenters. The molecule has 0 bridgehead atoms. The second kappa shape index (κ2) is 8.67. The average molecular weight is 441 g/mol. The molecule has 1 aliphatic rings. The van der Waals surface area contributed by atoms with Crippen LogP contribution in [0.4, 0.5) is 0 Å². The highest BCUT2D eigenvalue weighted by Crippen LogP contribution is 2.30. The van der Waals surface area contributed by atoms with Crippen LogP contribution < -0.4 is 0 Å². The number of Topliss-reactive ketones (excluding diaryl/α,β-unsaturated/α-hetero) is 1. The largest absolute Gasteiger partial charge is 0.339 e. The zero-order chi connectivity index (χ0) is 22.1. The molecule has 1 fully saturated rings. The number of aromatic nitrogens is 1. The molecular formula is C27H24N2O2S. The Balaban J connectivity index is 1.37. The number of para-hydroxylation sites is 1. The number of fused-ring (bicyclic) bond motifs is 1. The molecule has 32 heavy (non-hydrogen) atoms. The van der Waals surface area contributed by atoms with Gasteiger partial charge in [0, 0.05) is 30.0 Å². The van der Waals surface area contributed by atoms with Gasteiger partial charge in [-0.25, -0.2) is 4.98 Å². The number of benzene rings is 2. The molecule has 160 valence electrons. The molecule has 0 aliphatic carbocycles. The second-order valence-electron chi connectivity index (χ2n) is 8.35. The first kappa shape index (κ1) is 20.6. The lowest BCUT2D eigenvalue weighted by atomic mass is 9.88. The molecule has 5 rings (SSSR count). The topological polar surface area (TPSA) is 50.3 Å². The highest BCUT2D eigenvalue weighted by molar-refractivity contribution is 7.13. The lowest BCUT2D eigenvalue weighted by Crippen LogP contribution is -2.40. The van der Waals surface area contributed by atoms with Gasteiger partial charge in [-0.05, 0) is 43.3 Å². The van der Waals surface area contributed by atoms with E-state index in [1.165, 1.54) is 0 Å². The molecule has 1 amide bonds. The summed E-state index contributed by atoms with van der Waals surface area (Å²) in [6.45, 7) is 3.20. The summed E-state index contributed by atoms with van der Waals surface area (Å²) in [7, 11) is 0. The van der Waals surface area contributed by atoms with Crippen molar-refractivity contribution in [3.63, 3.8) is 0 Å². The molecule has 4 nitrogen and oxygen atoms in total. The lowest BCUT2D eigenvalue weighted by molar-refractivity contribution is 0.0652. The van der Waals surface area contributed by atoms with E-state index in [4.69, 9.17) is 4.98 Å². The van der Waals surface area contributed by atoms with Crippen LogP contribution in [-0.4, -0.2) is 34.7 Å². The predicted octanol–water partition coefficient (Wildman–Crippen LogP) is 6.01. The summed E-state index contributed by atoms with van der Waals surface area (Å²) in [6.07, 6.45) is 1.39. The van der Waals surface area contributed by atoms with Gasteiger partial charge in [0.15, 0.2) is 5.78 Å². The summed E-state index contributed by atoms with van der Waals surface area (Å²) in [5.41, 5.74) is 4.24. The van der Waals surface area contributed by atoms with Crippen molar-refractivity contribution in [2.45, 2.75) is 19.8 Å². The Labute approximate surface area is 191 Å². The molecular weight excluding hydrogens is 416 g/mol. The Morgan fingerprint density at radius 2 is 1.72 bits per heavy atom. The van der Waals surface area contributed by atoms with Gasteiger partial charge >= 0.3 is 0 Å². The molecule has 0 unspecified atom stereocenters. The Kier molecular flexibility index (Phi) is 5.58. The number of pyridine rings is 1. The lowest BCUT2D eigenvalue weighted by Gasteiger charge is -2.31. The fraction of sp³-hybridized carbons (Fsp3) is 0.222. The van der Waals surface area contributed by atoms with E-state index >= 15 is 0 Å². The van der Waals surface area contributed by atoms with Crippen molar-refractivity contribution in [3.05, 3.63) is 88.8 Å². The van der Waals surface area contributed by atoms with Crippen LogP contribution in [0.5, 0.6) is 0 Å². The van der Waals surface area contributed by atoms with Crippen LogP contribution >= 0.6 is 11.3 Å². The third-order valence-corrected chi connectivity index (χ3v) is 7.10. The molecule has 0 N–H and O–H groups in total. The van der Waals surface area contributed by atoms with Crippen LogP contribution in [0.25, 0.3) is 21.5 Å². The van der Waals surface area contributed by atoms with E-state index < -0.39 is 0 Å². The SMILES string of the molecule is Cc1ccc(C(=O)C2CCN(C(=O)c3cc(-c4cccs4)nc4ccccc34)CC2)cc1. The molecule has 1 saturated heterocycles. The van der Waals surface area contributed by atoms with Crippen LogP contribution in [-0.2, 0) is 0 Å². The molecule has 0 radical (unpaired) electrons. The van der Waals surface area contributed by atoms with Crippen molar-refractivity contribution in [1.82, 2.24) is 9.88 Å². The van der Waals surface area contributed by atoms with Gasteiger partial charge in [-0.1, -0.05) is 54.1 Å². The number of amides is 1. The van der Waals surface area contributed by atoms with Crippen molar-refractivity contribution in [2.24, 2.45) is 5.92 Å². The van der Waals surface area contributed by atoms with E-state index in [-0.39, 0.29) is 17.6 Å². The zero-order valence-electron chi connectivity index (χ0n) is 18.0. The average Bonchev–Trinajstić information content (AvgIpc) is 3.38. The van der Waals surface area contributed by atoms with Gasteiger partial charge in [0.25, 0.3) is 5.91 Å². The first-order chi connectivity index (χ1) is 15.6. The van der Waals surface area contributed by atoms with Crippen LogP contribution in [0.2, 0.25) is 0 Å². The van der Waals surface area contributed by atoms with Crippen LogP contribution in [0.3, 0.4) is 0 Å². The Morgan fingerprint density at radius 3 is 2.44 bits per heavy atom. The van der Waals surface area contributed by atoms with Crippen molar-refractivity contribution in [1.29, 1.82) is 0 Å². The van der Waals surface area contributed by atoms with Crippen molar-refractivity contribution in [3.8, 4) is 10.6 Å². The number of piperidine rings is 1. The van der Waals surface area contributed by atoms with Gasteiger partial charge in [-0.3, -0.25) is 9.59 Å². The number of hydrogen-bond donors (Lipinski definition) is 0. The monoisotopic (exact) mass is 440 g/mol. The standard InChI is InChI=1S/C27H24N2O2S/c1-18-8-10-19(11-9-18)26(30)20-12-14-29(15-13-20)27(31)22-17-24(25-7-4-16-32-25)28-23-6-3-2-5-21(22)23/h2-11,16-17,20H,12-15H2,1H3. The number of nitrogens with zero attached hydrogens (tertiary/aromatic N) is 2. The number of aryl methyl sites for hydroxylation is 1. The Morgan fingerprint density at radius 1 is 0.969 bits per heavy atom. The summed E-state index contributed by atoms with van der Waals surface area (Å²) >= 11 is 1.62. The van der Waals surface area contributed by atoms with Gasteiger partial charge < -0.3 is 4.90 Å². The van der Waals surface area contributed by atoms with E-state index in [1.54, 1.807) is 11.3 Å². The van der Waals surface area contributed by atoms with E-state index in [2.05, 4.69) is 0 Å². The highest BCUT2D eigenvalue weighted by Gasteiger charge is 2.29. The van der Waals surface area contributed by atoms with Crippen LogP contribution in [0, 0.1) is 12.8 Å². The number of hydrogen-bond acceptors (Lipinski definition) is 4. The van der Waals surface area contributed by atoms with Gasteiger partial charge in [0.1, 0.15) is 0 Å². The maximum atomic E-state index is 13.5. The number of rotatable bonds is 4. The second-order valence-corrected chi connectivity index (χ2v) is 9.29. The number of likely N-dealkylation sites (tertiary alicyclic amines) is 1. The first-order valence-corrected chi connectivity index (χ1v) is 11.8. The summed E-state index contributed by atoms with van der Waals surface area (Å²) < 4.78 is 0. The Hall–Kier alpha value is -3.31. The zero-order valence-corrected chi connectivity index (χ0v) is 18.8. The maximum Gasteiger partial charge on any atom is 0.254 e. The molecule has 3 heterocycles. The number of ketones is 1. The Bertz CT molecular complexity index is 1270. The summed E-state index contributed by atoms with van der Waals surface area (Å²) in [5, 5.41) is 2.89. The number of thiophene rings is 1. The van der Waals surface area contributed by atoms with Gasteiger partial charge in [0.2, 0.25) is 0 Å². The maximum absolute atomic E-state index is 13.5. The van der Waals surface area contributed by atoms with E-state index in [9.17, 15) is 9.59 Å². The van der Waals surface area contributed by atoms with Gasteiger partial charge in [0.05, 0.1) is 21.7 Å². The summed E-state index contributed by atoms with van der Waals surface area (Å²) in [4.78, 5) is 34.1. The minimum atomic E-state index is -0.0300. The number of carbonyl (C=O) groups excluding carboxylic acids is 2. The van der Waals surface area contributed by atoms with E-state index in [1.807, 2.05) is 83.9 Å².